The van der Waals surface area contributed by atoms with E-state index in [1.807, 2.05) is 0 Å². The predicted molar refractivity (Wildman–Crippen MR) is 99.1 cm³/mol. The molecule has 11 heteroatoms. The number of hydrogen-bond donors (Lipinski definition) is 1. The normalized spacial score (nSPS) is 12.0. The maximum Gasteiger partial charge on any atom is 0.298 e. The van der Waals surface area contributed by atoms with Gasteiger partial charge in [0.05, 0.1) is 5.56 Å². The van der Waals surface area contributed by atoms with Gasteiger partial charge in [0.25, 0.3) is 6.43 Å². The van der Waals surface area contributed by atoms with Crippen molar-refractivity contribution in [2.45, 2.75) is 11.3 Å². The molecule has 0 amide bonds. The van der Waals surface area contributed by atoms with E-state index >= 15 is 0 Å². The highest BCUT2D eigenvalue weighted by Gasteiger charge is 2.27. The van der Waals surface area contributed by atoms with Crippen LogP contribution >= 0.6 is 31.9 Å². The molecule has 5 nitrogen and oxygen atoms in total. The van der Waals surface area contributed by atoms with E-state index in [1.54, 1.807) is 18.2 Å². The standard InChI is InChI=1S/C16H9Br2F3N2O3S/c17-9-3-1-8(5-10(9)18)14-13(15(16(20)21)26-23-14)7-2-4-12(11(19)6-7)27(22,24)25/h1-6,16H,(H2,22,24,25). The Morgan fingerprint density at radius 2 is 1.70 bits per heavy atom. The maximum atomic E-state index is 14.2. The molecule has 2 N–H and O–H groups in total. The Bertz CT molecular complexity index is 1130. The van der Waals surface area contributed by atoms with Gasteiger partial charge in [-0.3, -0.25) is 0 Å². The average Bonchev–Trinajstić information content (AvgIpc) is 3.01. The second-order valence-corrected chi connectivity index (χ2v) is 8.63. The van der Waals surface area contributed by atoms with Crippen LogP contribution in [-0.2, 0) is 10.0 Å². The van der Waals surface area contributed by atoms with Crippen molar-refractivity contribution in [3.8, 4) is 22.4 Å². The summed E-state index contributed by atoms with van der Waals surface area (Å²) in [4.78, 5) is -0.741. The van der Waals surface area contributed by atoms with Gasteiger partial charge in [-0.1, -0.05) is 17.3 Å². The summed E-state index contributed by atoms with van der Waals surface area (Å²) >= 11 is 6.61. The fraction of sp³-hybridized carbons (Fsp3) is 0.0625. The first-order chi connectivity index (χ1) is 12.6. The Hall–Kier alpha value is -1.69. The van der Waals surface area contributed by atoms with Gasteiger partial charge in [-0.2, -0.15) is 0 Å². The highest BCUT2D eigenvalue weighted by molar-refractivity contribution is 9.13. The highest BCUT2D eigenvalue weighted by Crippen LogP contribution is 2.40. The zero-order valence-electron chi connectivity index (χ0n) is 13.1. The number of rotatable bonds is 4. The molecule has 0 spiro atoms. The third-order valence-corrected chi connectivity index (χ3v) is 6.46. The molecule has 0 bridgehead atoms. The van der Waals surface area contributed by atoms with Crippen LogP contribution in [-0.4, -0.2) is 13.6 Å². The van der Waals surface area contributed by atoms with Gasteiger partial charge in [0.15, 0.2) is 0 Å². The van der Waals surface area contributed by atoms with Crippen LogP contribution in [0.1, 0.15) is 12.2 Å². The second-order valence-electron chi connectivity index (χ2n) is 5.39. The van der Waals surface area contributed by atoms with Crippen LogP contribution in [0.25, 0.3) is 22.4 Å². The lowest BCUT2D eigenvalue weighted by Gasteiger charge is -2.08. The van der Waals surface area contributed by atoms with E-state index in [2.05, 4.69) is 37.0 Å². The summed E-state index contributed by atoms with van der Waals surface area (Å²) in [5, 5.41) is 8.63. The first kappa shape index (κ1) is 20.1. The molecule has 0 radical (unpaired) electrons. The monoisotopic (exact) mass is 524 g/mol. The van der Waals surface area contributed by atoms with Gasteiger partial charge in [0.2, 0.25) is 15.8 Å². The molecular formula is C16H9Br2F3N2O3S. The smallest absolute Gasteiger partial charge is 0.298 e. The summed E-state index contributed by atoms with van der Waals surface area (Å²) < 4.78 is 69.9. The Labute approximate surface area is 168 Å². The SMILES string of the molecule is NS(=O)(=O)c1ccc(-c2c(-c3ccc(Br)c(Br)c3)noc2C(F)F)cc1F. The van der Waals surface area contributed by atoms with Gasteiger partial charge in [-0.15, -0.1) is 0 Å². The lowest BCUT2D eigenvalue weighted by molar-refractivity contribution is 0.113. The van der Waals surface area contributed by atoms with Crippen molar-refractivity contribution >= 4 is 41.9 Å². The number of halogens is 5. The van der Waals surface area contributed by atoms with Crippen LogP contribution in [0.5, 0.6) is 0 Å². The van der Waals surface area contributed by atoms with Crippen molar-refractivity contribution in [2.75, 3.05) is 0 Å². The van der Waals surface area contributed by atoms with E-state index < -0.39 is 32.9 Å². The molecule has 0 aliphatic rings. The van der Waals surface area contributed by atoms with E-state index in [1.165, 1.54) is 6.07 Å². The van der Waals surface area contributed by atoms with Crippen LogP contribution in [0.4, 0.5) is 13.2 Å². The fourth-order valence-electron chi connectivity index (χ4n) is 2.46. The topological polar surface area (TPSA) is 86.2 Å². The van der Waals surface area contributed by atoms with Crippen LogP contribution in [0.15, 0.2) is 54.8 Å². The zero-order chi connectivity index (χ0) is 19.9. The lowest BCUT2D eigenvalue weighted by atomic mass is 9.99. The molecule has 0 fully saturated rings. The molecule has 2 aromatic carbocycles. The summed E-state index contributed by atoms with van der Waals surface area (Å²) in [5.74, 6) is -1.92. The molecule has 0 aliphatic heterocycles. The molecule has 3 rings (SSSR count). The van der Waals surface area contributed by atoms with Gasteiger partial charge in [0, 0.05) is 14.5 Å². The molecule has 0 aliphatic carbocycles. The Kier molecular flexibility index (Phi) is 5.48. The summed E-state index contributed by atoms with van der Waals surface area (Å²) in [7, 11) is -4.29. The minimum Gasteiger partial charge on any atom is -0.354 e. The molecule has 0 saturated heterocycles. The van der Waals surface area contributed by atoms with Gasteiger partial charge < -0.3 is 4.52 Å². The van der Waals surface area contributed by atoms with E-state index in [0.29, 0.717) is 10.0 Å². The van der Waals surface area contributed by atoms with E-state index in [9.17, 15) is 21.6 Å². The third kappa shape index (κ3) is 3.96. The van der Waals surface area contributed by atoms with Crippen molar-refractivity contribution in [2.24, 2.45) is 5.14 Å². The third-order valence-electron chi connectivity index (χ3n) is 3.64. The molecule has 27 heavy (non-hydrogen) atoms. The summed E-state index contributed by atoms with van der Waals surface area (Å²) in [6.45, 7) is 0. The largest absolute Gasteiger partial charge is 0.354 e. The Balaban J connectivity index is 2.24. The Morgan fingerprint density at radius 1 is 1.04 bits per heavy atom. The second kappa shape index (κ2) is 7.38. The Morgan fingerprint density at radius 3 is 2.26 bits per heavy atom. The van der Waals surface area contributed by atoms with Crippen molar-refractivity contribution in [1.29, 1.82) is 0 Å². The minimum absolute atomic E-state index is 0.0227. The van der Waals surface area contributed by atoms with E-state index in [0.717, 1.165) is 16.6 Å². The van der Waals surface area contributed by atoms with Crippen molar-refractivity contribution in [1.82, 2.24) is 5.16 Å². The van der Waals surface area contributed by atoms with Gasteiger partial charge in [-0.25, -0.2) is 26.7 Å². The van der Waals surface area contributed by atoms with Gasteiger partial charge in [0.1, 0.15) is 16.4 Å². The summed E-state index contributed by atoms with van der Waals surface area (Å²) in [6.07, 6.45) is -3.01. The molecule has 3 aromatic rings. The number of hydrogen-bond acceptors (Lipinski definition) is 4. The van der Waals surface area contributed by atoms with Crippen LogP contribution in [0.3, 0.4) is 0 Å². The van der Waals surface area contributed by atoms with Crippen LogP contribution < -0.4 is 5.14 Å². The first-order valence-corrected chi connectivity index (χ1v) is 10.3. The number of alkyl halides is 2. The molecule has 1 heterocycles. The molecule has 0 saturated carbocycles. The molecule has 0 unspecified atom stereocenters. The number of nitrogens with zero attached hydrogens (tertiary/aromatic N) is 1. The molecule has 0 atom stereocenters. The van der Waals surface area contributed by atoms with Gasteiger partial charge in [-0.05, 0) is 61.7 Å². The minimum atomic E-state index is -4.29. The number of nitrogens with two attached hydrogens (primary N) is 1. The lowest BCUT2D eigenvalue weighted by Crippen LogP contribution is -2.14. The maximum absolute atomic E-state index is 14.2. The molecular weight excluding hydrogens is 517 g/mol. The summed E-state index contributed by atoms with van der Waals surface area (Å²) in [6, 6.07) is 7.78. The zero-order valence-corrected chi connectivity index (χ0v) is 17.1. The van der Waals surface area contributed by atoms with Gasteiger partial charge >= 0.3 is 0 Å². The highest BCUT2D eigenvalue weighted by atomic mass is 79.9. The first-order valence-electron chi connectivity index (χ1n) is 7.15. The number of sulfonamides is 1. The fourth-order valence-corrected chi connectivity index (χ4v) is 3.67. The van der Waals surface area contributed by atoms with Crippen molar-refractivity contribution in [3.05, 3.63) is 56.9 Å². The number of primary sulfonamides is 1. The predicted octanol–water partition coefficient (Wildman–Crippen LogP) is 5.26. The van der Waals surface area contributed by atoms with Crippen molar-refractivity contribution in [3.63, 3.8) is 0 Å². The van der Waals surface area contributed by atoms with Crippen molar-refractivity contribution < 1.29 is 26.1 Å². The number of benzene rings is 2. The molecule has 142 valence electrons. The van der Waals surface area contributed by atoms with Crippen LogP contribution in [0.2, 0.25) is 0 Å². The number of aromatic nitrogens is 1. The van der Waals surface area contributed by atoms with E-state index in [-0.39, 0.29) is 16.8 Å². The molecule has 1 aromatic heterocycles. The quantitative estimate of drug-likeness (QED) is 0.503. The van der Waals surface area contributed by atoms with Crippen LogP contribution in [0, 0.1) is 5.82 Å². The average molecular weight is 526 g/mol. The van der Waals surface area contributed by atoms with E-state index in [4.69, 9.17) is 9.66 Å². The summed E-state index contributed by atoms with van der Waals surface area (Å²) in [5.41, 5.74) is 0.331.